The summed E-state index contributed by atoms with van der Waals surface area (Å²) in [6, 6.07) is 9.56. The van der Waals surface area contributed by atoms with E-state index in [-0.39, 0.29) is 5.75 Å². The first kappa shape index (κ1) is 13.9. The van der Waals surface area contributed by atoms with E-state index < -0.39 is 9.84 Å². The molecule has 94 valence electrons. The molecule has 17 heavy (non-hydrogen) atoms. The maximum Gasteiger partial charge on any atom is 0.170 e. The average Bonchev–Trinajstić information content (AvgIpc) is 2.25. The molecule has 1 rings (SSSR count). The number of thiocarbonyl (C=S) groups is 1. The Morgan fingerprint density at radius 3 is 2.53 bits per heavy atom. The molecule has 1 aromatic carbocycles. The van der Waals surface area contributed by atoms with Gasteiger partial charge in [0.25, 0.3) is 0 Å². The molecule has 4 nitrogen and oxygen atoms in total. The van der Waals surface area contributed by atoms with Gasteiger partial charge in [0.1, 0.15) is 9.84 Å². The maximum atomic E-state index is 10.9. The van der Waals surface area contributed by atoms with Crippen LogP contribution in [0.1, 0.15) is 6.42 Å². The molecule has 0 heterocycles. The van der Waals surface area contributed by atoms with Crippen LogP contribution in [0.15, 0.2) is 30.3 Å². The minimum Gasteiger partial charge on any atom is -0.362 e. The first-order valence-corrected chi connectivity index (χ1v) is 7.72. The number of hydrogen-bond donors (Lipinski definition) is 2. The molecule has 6 heteroatoms. The summed E-state index contributed by atoms with van der Waals surface area (Å²) in [7, 11) is -2.88. The summed E-state index contributed by atoms with van der Waals surface area (Å²) in [5, 5.41) is 6.47. The lowest BCUT2D eigenvalue weighted by Crippen LogP contribution is -2.30. The molecule has 1 aromatic rings. The highest BCUT2D eigenvalue weighted by atomic mass is 32.2. The van der Waals surface area contributed by atoms with Crippen molar-refractivity contribution in [2.75, 3.05) is 23.9 Å². The summed E-state index contributed by atoms with van der Waals surface area (Å²) >= 11 is 5.07. The van der Waals surface area contributed by atoms with Crippen molar-refractivity contribution in [3.8, 4) is 0 Å². The maximum absolute atomic E-state index is 10.9. The van der Waals surface area contributed by atoms with Crippen LogP contribution in [-0.4, -0.2) is 32.1 Å². The Balaban J connectivity index is 2.23. The van der Waals surface area contributed by atoms with Crippen molar-refractivity contribution >= 4 is 32.9 Å². The highest BCUT2D eigenvalue weighted by molar-refractivity contribution is 7.90. The quantitative estimate of drug-likeness (QED) is 0.627. The Labute approximate surface area is 107 Å². The van der Waals surface area contributed by atoms with Gasteiger partial charge in [0.15, 0.2) is 5.11 Å². The number of rotatable bonds is 5. The predicted molar refractivity (Wildman–Crippen MR) is 75.0 cm³/mol. The van der Waals surface area contributed by atoms with Crippen LogP contribution in [0.3, 0.4) is 0 Å². The monoisotopic (exact) mass is 272 g/mol. The van der Waals surface area contributed by atoms with E-state index in [0.717, 1.165) is 5.69 Å². The molecule has 0 aliphatic rings. The van der Waals surface area contributed by atoms with Crippen molar-refractivity contribution in [3.63, 3.8) is 0 Å². The van der Waals surface area contributed by atoms with E-state index >= 15 is 0 Å². The fraction of sp³-hybridized carbons (Fsp3) is 0.364. The van der Waals surface area contributed by atoms with E-state index in [0.29, 0.717) is 18.1 Å². The highest BCUT2D eigenvalue weighted by Gasteiger charge is 2.01. The Morgan fingerprint density at radius 1 is 1.29 bits per heavy atom. The van der Waals surface area contributed by atoms with Gasteiger partial charge in [-0.2, -0.15) is 0 Å². The second-order valence-electron chi connectivity index (χ2n) is 3.73. The molecule has 0 spiro atoms. The van der Waals surface area contributed by atoms with Crippen LogP contribution < -0.4 is 10.6 Å². The standard InChI is InChI=1S/C11H16N2O2S2/c1-17(14,15)9-5-8-12-11(16)13-10-6-3-2-4-7-10/h2-4,6-7H,5,8-9H2,1H3,(H2,12,13,16). The zero-order valence-electron chi connectivity index (χ0n) is 9.64. The summed E-state index contributed by atoms with van der Waals surface area (Å²) in [5.41, 5.74) is 0.910. The van der Waals surface area contributed by atoms with Gasteiger partial charge in [-0.25, -0.2) is 8.42 Å². The molecule has 2 N–H and O–H groups in total. The minimum atomic E-state index is -2.88. The molecule has 0 aliphatic heterocycles. The zero-order chi connectivity index (χ0) is 12.7. The summed E-state index contributed by atoms with van der Waals surface area (Å²) < 4.78 is 21.8. The van der Waals surface area contributed by atoms with Gasteiger partial charge in [0.05, 0.1) is 5.75 Å². The first-order chi connectivity index (χ1) is 7.97. The topological polar surface area (TPSA) is 58.2 Å². The normalized spacial score (nSPS) is 10.9. The van der Waals surface area contributed by atoms with Crippen LogP contribution in [0, 0.1) is 0 Å². The Bertz CT molecular complexity index is 458. The Kier molecular flexibility index (Phi) is 5.37. The van der Waals surface area contributed by atoms with Crippen molar-refractivity contribution in [1.82, 2.24) is 5.32 Å². The van der Waals surface area contributed by atoms with Crippen LogP contribution in [0.5, 0.6) is 0 Å². The Morgan fingerprint density at radius 2 is 1.94 bits per heavy atom. The molecule has 0 atom stereocenters. The molecular weight excluding hydrogens is 256 g/mol. The van der Waals surface area contributed by atoms with Crippen LogP contribution in [0.2, 0.25) is 0 Å². The van der Waals surface area contributed by atoms with E-state index in [2.05, 4.69) is 10.6 Å². The van der Waals surface area contributed by atoms with Crippen LogP contribution in [-0.2, 0) is 9.84 Å². The molecule has 0 amide bonds. The van der Waals surface area contributed by atoms with Gasteiger partial charge in [-0.1, -0.05) is 18.2 Å². The van der Waals surface area contributed by atoms with E-state index in [4.69, 9.17) is 12.2 Å². The third-order valence-electron chi connectivity index (χ3n) is 2.01. The molecule has 0 bridgehead atoms. The van der Waals surface area contributed by atoms with Gasteiger partial charge in [-0.3, -0.25) is 0 Å². The third-order valence-corrected chi connectivity index (χ3v) is 3.29. The number of hydrogen-bond acceptors (Lipinski definition) is 3. The van der Waals surface area contributed by atoms with Crippen LogP contribution in [0.4, 0.5) is 5.69 Å². The average molecular weight is 272 g/mol. The first-order valence-electron chi connectivity index (χ1n) is 5.25. The smallest absolute Gasteiger partial charge is 0.170 e. The molecular formula is C11H16N2O2S2. The number of para-hydroxylation sites is 1. The van der Waals surface area contributed by atoms with Gasteiger partial charge in [-0.05, 0) is 30.8 Å². The van der Waals surface area contributed by atoms with Crippen LogP contribution >= 0.6 is 12.2 Å². The molecule has 0 saturated carbocycles. The molecule has 0 unspecified atom stereocenters. The Hall–Kier alpha value is -1.14. The number of sulfone groups is 1. The third kappa shape index (κ3) is 6.91. The van der Waals surface area contributed by atoms with Crippen molar-refractivity contribution in [2.45, 2.75) is 6.42 Å². The molecule has 0 fully saturated rings. The summed E-state index contributed by atoms with van der Waals surface area (Å²) in [5.74, 6) is 0.175. The predicted octanol–water partition coefficient (Wildman–Crippen LogP) is 1.41. The van der Waals surface area contributed by atoms with Crippen molar-refractivity contribution in [3.05, 3.63) is 30.3 Å². The van der Waals surface area contributed by atoms with Gasteiger partial charge < -0.3 is 10.6 Å². The number of anilines is 1. The van der Waals surface area contributed by atoms with E-state index in [1.165, 1.54) is 6.26 Å². The van der Waals surface area contributed by atoms with Crippen LogP contribution in [0.25, 0.3) is 0 Å². The van der Waals surface area contributed by atoms with Crippen molar-refractivity contribution in [2.24, 2.45) is 0 Å². The minimum absolute atomic E-state index is 0.175. The summed E-state index contributed by atoms with van der Waals surface area (Å²) in [4.78, 5) is 0. The fourth-order valence-electron chi connectivity index (χ4n) is 1.23. The lowest BCUT2D eigenvalue weighted by molar-refractivity contribution is 0.598. The van der Waals surface area contributed by atoms with E-state index in [1.807, 2.05) is 30.3 Å². The second-order valence-corrected chi connectivity index (χ2v) is 6.40. The summed E-state index contributed by atoms with van der Waals surface area (Å²) in [6.45, 7) is 0.547. The largest absolute Gasteiger partial charge is 0.362 e. The van der Waals surface area contributed by atoms with Gasteiger partial charge in [-0.15, -0.1) is 0 Å². The number of benzene rings is 1. The lowest BCUT2D eigenvalue weighted by atomic mass is 10.3. The summed E-state index contributed by atoms with van der Waals surface area (Å²) in [6.07, 6.45) is 1.78. The molecule has 0 radical (unpaired) electrons. The second kappa shape index (κ2) is 6.56. The van der Waals surface area contributed by atoms with Crippen molar-refractivity contribution in [1.29, 1.82) is 0 Å². The SMILES string of the molecule is CS(=O)(=O)CCCNC(=S)Nc1ccccc1. The lowest BCUT2D eigenvalue weighted by Gasteiger charge is -2.09. The van der Waals surface area contributed by atoms with E-state index in [9.17, 15) is 8.42 Å². The van der Waals surface area contributed by atoms with Gasteiger partial charge >= 0.3 is 0 Å². The molecule has 0 saturated heterocycles. The fourth-order valence-corrected chi connectivity index (χ4v) is 2.12. The highest BCUT2D eigenvalue weighted by Crippen LogP contribution is 2.04. The molecule has 0 aromatic heterocycles. The zero-order valence-corrected chi connectivity index (χ0v) is 11.3. The van der Waals surface area contributed by atoms with E-state index in [1.54, 1.807) is 0 Å². The van der Waals surface area contributed by atoms with Gasteiger partial charge in [0, 0.05) is 18.5 Å². The molecule has 0 aliphatic carbocycles. The van der Waals surface area contributed by atoms with Gasteiger partial charge in [0.2, 0.25) is 0 Å². The number of nitrogens with one attached hydrogen (secondary N) is 2. The van der Waals surface area contributed by atoms with Crippen molar-refractivity contribution < 1.29 is 8.42 Å².